The Kier molecular flexibility index (Phi) is 5.31. The highest BCUT2D eigenvalue weighted by Gasteiger charge is 2.43. The highest BCUT2D eigenvalue weighted by molar-refractivity contribution is 7.90. The fourth-order valence-electron chi connectivity index (χ4n) is 3.09. The van der Waals surface area contributed by atoms with Crippen molar-refractivity contribution in [1.82, 2.24) is 9.62 Å². The van der Waals surface area contributed by atoms with Crippen LogP contribution in [-0.4, -0.2) is 56.4 Å². The molecule has 142 valence electrons. The minimum absolute atomic E-state index is 0.00572. The quantitative estimate of drug-likeness (QED) is 0.740. The van der Waals surface area contributed by atoms with Crippen LogP contribution in [0.4, 0.5) is 0 Å². The van der Waals surface area contributed by atoms with E-state index in [2.05, 4.69) is 5.32 Å². The van der Waals surface area contributed by atoms with E-state index in [1.165, 1.54) is 18.2 Å². The zero-order valence-corrected chi connectivity index (χ0v) is 15.4. The molecule has 0 spiro atoms. The highest BCUT2D eigenvalue weighted by atomic mass is 32.2. The van der Waals surface area contributed by atoms with Gasteiger partial charge in [0, 0.05) is 24.8 Å². The minimum atomic E-state index is -3.97. The third kappa shape index (κ3) is 3.60. The van der Waals surface area contributed by atoms with Crippen LogP contribution in [0.5, 0.6) is 0 Å². The van der Waals surface area contributed by atoms with Gasteiger partial charge < -0.3 is 15.8 Å². The van der Waals surface area contributed by atoms with Crippen LogP contribution in [0.25, 0.3) is 0 Å². The van der Waals surface area contributed by atoms with Gasteiger partial charge in [-0.2, -0.15) is 0 Å². The van der Waals surface area contributed by atoms with Crippen molar-refractivity contribution in [3.8, 4) is 0 Å². The number of hydrogen-bond acceptors (Lipinski definition) is 6. The van der Waals surface area contributed by atoms with Crippen molar-refractivity contribution >= 4 is 21.8 Å². The first-order valence-corrected chi connectivity index (χ1v) is 10.1. The number of nitrogens with one attached hydrogen (secondary N) is 1. The van der Waals surface area contributed by atoms with Gasteiger partial charge in [-0.15, -0.1) is 0 Å². The Bertz CT molecular complexity index is 816. The summed E-state index contributed by atoms with van der Waals surface area (Å²) < 4.78 is 31.8. The summed E-state index contributed by atoms with van der Waals surface area (Å²) in [5.74, 6) is -0.965. The van der Waals surface area contributed by atoms with Crippen molar-refractivity contribution in [2.45, 2.75) is 43.2 Å². The van der Waals surface area contributed by atoms with Crippen molar-refractivity contribution in [2.24, 2.45) is 5.73 Å². The molecule has 2 atom stereocenters. The molecule has 0 saturated carbocycles. The molecule has 2 aliphatic heterocycles. The van der Waals surface area contributed by atoms with E-state index >= 15 is 0 Å². The molecular formula is C17H23N3O5S. The SMILES string of the molecule is CC(N)CCNC(=O)c1ccc2c(c1)S(=O)(=O)N(CC1CCCO1)C2=O. The lowest BCUT2D eigenvalue weighted by Crippen LogP contribution is -2.36. The van der Waals surface area contributed by atoms with Gasteiger partial charge in [0.25, 0.3) is 21.8 Å². The smallest absolute Gasteiger partial charge is 0.269 e. The summed E-state index contributed by atoms with van der Waals surface area (Å²) in [7, 11) is -3.97. The molecule has 3 N–H and O–H groups in total. The molecule has 2 unspecified atom stereocenters. The summed E-state index contributed by atoms with van der Waals surface area (Å²) in [5.41, 5.74) is 5.93. The molecule has 1 saturated heterocycles. The number of nitrogens with two attached hydrogens (primary N) is 1. The van der Waals surface area contributed by atoms with Gasteiger partial charge in [0.15, 0.2) is 0 Å². The van der Waals surface area contributed by atoms with Gasteiger partial charge in [-0.05, 0) is 44.4 Å². The standard InChI is InChI=1S/C17H23N3O5S/c1-11(18)6-7-19-16(21)12-4-5-14-15(9-12)26(23,24)20(17(14)22)10-13-3-2-8-25-13/h4-5,9,11,13H,2-3,6-8,10,18H2,1H3,(H,19,21). The topological polar surface area (TPSA) is 119 Å². The number of carbonyl (C=O) groups is 2. The summed E-state index contributed by atoms with van der Waals surface area (Å²) in [6, 6.07) is 4.08. The first kappa shape index (κ1) is 18.8. The van der Waals surface area contributed by atoms with Crippen molar-refractivity contribution < 1.29 is 22.7 Å². The minimum Gasteiger partial charge on any atom is -0.376 e. The Labute approximate surface area is 152 Å². The second kappa shape index (κ2) is 7.34. The molecule has 26 heavy (non-hydrogen) atoms. The van der Waals surface area contributed by atoms with Crippen LogP contribution in [0, 0.1) is 0 Å². The van der Waals surface area contributed by atoms with Crippen molar-refractivity contribution in [2.75, 3.05) is 19.7 Å². The Morgan fingerprint density at radius 2 is 2.23 bits per heavy atom. The van der Waals surface area contributed by atoms with E-state index in [4.69, 9.17) is 10.5 Å². The number of fused-ring (bicyclic) bond motifs is 1. The average molecular weight is 381 g/mol. The maximum absolute atomic E-state index is 12.8. The summed E-state index contributed by atoms with van der Waals surface area (Å²) in [5, 5.41) is 2.70. The summed E-state index contributed by atoms with van der Waals surface area (Å²) in [4.78, 5) is 24.6. The van der Waals surface area contributed by atoms with Crippen LogP contribution in [0.15, 0.2) is 23.1 Å². The molecule has 0 aromatic heterocycles. The molecule has 9 heteroatoms. The van der Waals surface area contributed by atoms with Crippen LogP contribution < -0.4 is 11.1 Å². The van der Waals surface area contributed by atoms with Crippen molar-refractivity contribution in [3.05, 3.63) is 29.3 Å². The third-order valence-electron chi connectivity index (χ3n) is 4.55. The number of hydrogen-bond donors (Lipinski definition) is 2. The lowest BCUT2D eigenvalue weighted by Gasteiger charge is -2.18. The normalized spacial score (nSPS) is 22.3. The fourth-order valence-corrected chi connectivity index (χ4v) is 4.71. The van der Waals surface area contributed by atoms with Gasteiger partial charge >= 0.3 is 0 Å². The monoisotopic (exact) mass is 381 g/mol. The van der Waals surface area contributed by atoms with E-state index in [9.17, 15) is 18.0 Å². The molecule has 2 heterocycles. The van der Waals surface area contributed by atoms with Gasteiger partial charge in [-0.25, -0.2) is 12.7 Å². The van der Waals surface area contributed by atoms with E-state index in [0.29, 0.717) is 19.6 Å². The fraction of sp³-hybridized carbons (Fsp3) is 0.529. The van der Waals surface area contributed by atoms with E-state index in [1.54, 1.807) is 0 Å². The van der Waals surface area contributed by atoms with Crippen LogP contribution in [0.3, 0.4) is 0 Å². The zero-order chi connectivity index (χ0) is 18.9. The Morgan fingerprint density at radius 3 is 2.88 bits per heavy atom. The van der Waals surface area contributed by atoms with Gasteiger partial charge in [-0.3, -0.25) is 9.59 Å². The number of benzene rings is 1. The van der Waals surface area contributed by atoms with Gasteiger partial charge in [0.05, 0.1) is 18.2 Å². The van der Waals surface area contributed by atoms with Crippen molar-refractivity contribution in [3.63, 3.8) is 0 Å². The van der Waals surface area contributed by atoms with Gasteiger partial charge in [0.1, 0.15) is 4.90 Å². The predicted octanol–water partition coefficient (Wildman–Crippen LogP) is 0.477. The lowest BCUT2D eigenvalue weighted by atomic mass is 10.1. The second-order valence-corrected chi connectivity index (χ2v) is 8.54. The van der Waals surface area contributed by atoms with E-state index in [-0.39, 0.29) is 34.7 Å². The summed E-state index contributed by atoms with van der Waals surface area (Å²) in [6.07, 6.45) is 1.92. The van der Waals surface area contributed by atoms with Crippen LogP contribution in [0.1, 0.15) is 46.9 Å². The summed E-state index contributed by atoms with van der Waals surface area (Å²) in [6.45, 7) is 2.81. The molecule has 2 amide bonds. The third-order valence-corrected chi connectivity index (χ3v) is 6.34. The molecule has 1 aromatic rings. The van der Waals surface area contributed by atoms with Crippen LogP contribution in [0.2, 0.25) is 0 Å². The van der Waals surface area contributed by atoms with E-state index in [0.717, 1.165) is 17.1 Å². The molecule has 0 aliphatic carbocycles. The Hall–Kier alpha value is -1.97. The zero-order valence-electron chi connectivity index (χ0n) is 14.6. The second-order valence-electron chi connectivity index (χ2n) is 6.71. The first-order chi connectivity index (χ1) is 12.3. The number of ether oxygens (including phenoxy) is 1. The maximum Gasteiger partial charge on any atom is 0.269 e. The Balaban J connectivity index is 1.80. The number of amides is 2. The lowest BCUT2D eigenvalue weighted by molar-refractivity contribution is 0.0707. The summed E-state index contributed by atoms with van der Waals surface area (Å²) >= 11 is 0. The molecule has 0 radical (unpaired) electrons. The van der Waals surface area contributed by atoms with E-state index < -0.39 is 21.8 Å². The molecule has 0 bridgehead atoms. The average Bonchev–Trinajstić information content (AvgIpc) is 3.16. The van der Waals surface area contributed by atoms with E-state index in [1.807, 2.05) is 6.92 Å². The molecule has 8 nitrogen and oxygen atoms in total. The number of carbonyl (C=O) groups excluding carboxylic acids is 2. The van der Waals surface area contributed by atoms with Gasteiger partial charge in [-0.1, -0.05) is 0 Å². The number of sulfonamides is 1. The molecule has 1 fully saturated rings. The predicted molar refractivity (Wildman–Crippen MR) is 94.2 cm³/mol. The number of nitrogens with zero attached hydrogens (tertiary/aromatic N) is 1. The largest absolute Gasteiger partial charge is 0.376 e. The molecular weight excluding hydrogens is 358 g/mol. The van der Waals surface area contributed by atoms with Crippen molar-refractivity contribution in [1.29, 1.82) is 0 Å². The maximum atomic E-state index is 12.8. The number of rotatable bonds is 6. The molecule has 3 rings (SSSR count). The highest BCUT2D eigenvalue weighted by Crippen LogP contribution is 2.32. The first-order valence-electron chi connectivity index (χ1n) is 8.67. The molecule has 2 aliphatic rings. The van der Waals surface area contributed by atoms with Crippen LogP contribution in [-0.2, 0) is 14.8 Å². The molecule has 1 aromatic carbocycles. The van der Waals surface area contributed by atoms with Crippen LogP contribution >= 0.6 is 0 Å². The Morgan fingerprint density at radius 1 is 1.46 bits per heavy atom. The van der Waals surface area contributed by atoms with Gasteiger partial charge in [0.2, 0.25) is 0 Å².